The molecule has 1 heterocycles. The number of nitrogens with one attached hydrogen (secondary N) is 2. The van der Waals surface area contributed by atoms with Crippen LogP contribution in [-0.4, -0.2) is 24.7 Å². The van der Waals surface area contributed by atoms with Crippen LogP contribution >= 0.6 is 0 Å². The third kappa shape index (κ3) is 7.22. The van der Waals surface area contributed by atoms with Crippen molar-refractivity contribution in [2.24, 2.45) is 12.5 Å². The molecule has 184 valence electrons. The normalized spacial score (nSPS) is 12.8. The summed E-state index contributed by atoms with van der Waals surface area (Å²) < 4.78 is 45.6. The van der Waals surface area contributed by atoms with E-state index >= 15 is 0 Å². The average Bonchev–Trinajstić information content (AvgIpc) is 3.11. The molecule has 0 saturated carbocycles. The Labute approximate surface area is 202 Å². The molecule has 8 heteroatoms. The molecule has 1 aromatic heterocycles. The lowest BCUT2D eigenvalue weighted by atomic mass is 9.93. The number of halogens is 1. The van der Waals surface area contributed by atoms with Gasteiger partial charge in [0.2, 0.25) is 0 Å². The van der Waals surface area contributed by atoms with Crippen LogP contribution in [0.25, 0.3) is 11.3 Å². The van der Waals surface area contributed by atoms with Gasteiger partial charge in [0, 0.05) is 19.2 Å². The number of rotatable bonds is 9. The lowest BCUT2D eigenvalue weighted by molar-refractivity contribution is 0.399. The predicted molar refractivity (Wildman–Crippen MR) is 135 cm³/mol. The van der Waals surface area contributed by atoms with Gasteiger partial charge >= 0.3 is 0 Å². The highest BCUT2D eigenvalue weighted by Crippen LogP contribution is 2.27. The molecule has 0 atom stereocenters. The van der Waals surface area contributed by atoms with Crippen molar-refractivity contribution in [1.82, 2.24) is 19.2 Å². The minimum atomic E-state index is -3.68. The number of hydrogen-bond donors (Lipinski definition) is 2. The molecule has 2 aromatic carbocycles. The van der Waals surface area contributed by atoms with E-state index in [4.69, 9.17) is 0 Å². The average molecular weight is 487 g/mol. The molecule has 0 unspecified atom stereocenters. The number of benzene rings is 2. The van der Waals surface area contributed by atoms with E-state index in [0.717, 1.165) is 40.9 Å². The highest BCUT2D eigenvalue weighted by molar-refractivity contribution is 7.87. The van der Waals surface area contributed by atoms with E-state index in [1.807, 2.05) is 76.7 Å². The summed E-state index contributed by atoms with van der Waals surface area (Å²) in [6.07, 6.45) is 1.51. The molecule has 0 bridgehead atoms. The minimum Gasteiger partial charge on any atom is -0.268 e. The molecular weight excluding hydrogens is 451 g/mol. The summed E-state index contributed by atoms with van der Waals surface area (Å²) in [6.45, 7) is 9.97. The fourth-order valence-corrected chi connectivity index (χ4v) is 5.14. The van der Waals surface area contributed by atoms with E-state index in [9.17, 15) is 12.8 Å². The Kier molecular flexibility index (Phi) is 7.65. The molecule has 2 N–H and O–H groups in total. The fraction of sp³-hybridized carbons (Fsp3) is 0.423. The maximum atomic E-state index is 13.1. The van der Waals surface area contributed by atoms with E-state index in [0.29, 0.717) is 6.54 Å². The van der Waals surface area contributed by atoms with Gasteiger partial charge in [-0.05, 0) is 67.5 Å². The molecule has 6 nitrogen and oxygen atoms in total. The van der Waals surface area contributed by atoms with Crippen molar-refractivity contribution in [3.8, 4) is 11.3 Å². The van der Waals surface area contributed by atoms with Crippen LogP contribution in [0.2, 0.25) is 0 Å². The Hall–Kier alpha value is -2.55. The van der Waals surface area contributed by atoms with Gasteiger partial charge in [-0.2, -0.15) is 18.2 Å². The Morgan fingerprint density at radius 2 is 1.65 bits per heavy atom. The molecule has 3 rings (SSSR count). The molecule has 34 heavy (non-hydrogen) atoms. The van der Waals surface area contributed by atoms with E-state index in [1.165, 1.54) is 12.1 Å². The number of hydrogen-bond acceptors (Lipinski definition) is 3. The van der Waals surface area contributed by atoms with Crippen LogP contribution in [0.3, 0.4) is 0 Å². The maximum absolute atomic E-state index is 13.1. The van der Waals surface area contributed by atoms with Crippen molar-refractivity contribution in [1.29, 1.82) is 0 Å². The van der Waals surface area contributed by atoms with Crippen LogP contribution in [0.5, 0.6) is 0 Å². The molecule has 0 aliphatic rings. The lowest BCUT2D eigenvalue weighted by Crippen LogP contribution is -2.48. The van der Waals surface area contributed by atoms with Crippen LogP contribution in [-0.2, 0) is 35.6 Å². The van der Waals surface area contributed by atoms with Crippen LogP contribution in [0, 0.1) is 11.2 Å². The second-order valence-corrected chi connectivity index (χ2v) is 12.0. The van der Waals surface area contributed by atoms with E-state index in [1.54, 1.807) is 12.1 Å². The predicted octanol–water partition coefficient (Wildman–Crippen LogP) is 4.72. The van der Waals surface area contributed by atoms with Gasteiger partial charge in [-0.3, -0.25) is 4.68 Å². The number of aromatic nitrogens is 2. The Morgan fingerprint density at radius 3 is 2.29 bits per heavy atom. The summed E-state index contributed by atoms with van der Waals surface area (Å²) in [5, 5.41) is 4.64. The summed E-state index contributed by atoms with van der Waals surface area (Å²) in [5.74, 6) is -0.237. The molecule has 0 aliphatic heterocycles. The Bertz CT molecular complexity index is 1230. The molecule has 0 aliphatic carbocycles. The molecule has 0 fully saturated rings. The van der Waals surface area contributed by atoms with E-state index < -0.39 is 15.7 Å². The third-order valence-corrected chi connectivity index (χ3v) is 6.88. The van der Waals surface area contributed by atoms with Crippen molar-refractivity contribution in [3.63, 3.8) is 0 Å². The van der Waals surface area contributed by atoms with Crippen molar-refractivity contribution in [3.05, 3.63) is 77.2 Å². The first kappa shape index (κ1) is 26.1. The van der Waals surface area contributed by atoms with Crippen molar-refractivity contribution < 1.29 is 12.8 Å². The van der Waals surface area contributed by atoms with Crippen LogP contribution in [0.4, 0.5) is 4.39 Å². The van der Waals surface area contributed by atoms with Gasteiger partial charge in [-0.25, -0.2) is 9.11 Å². The zero-order chi connectivity index (χ0) is 25.1. The topological polar surface area (TPSA) is 76.0 Å². The summed E-state index contributed by atoms with van der Waals surface area (Å²) in [6, 6.07) is 16.4. The second kappa shape index (κ2) is 9.98. The molecule has 0 spiro atoms. The van der Waals surface area contributed by atoms with Gasteiger partial charge in [-0.1, -0.05) is 51.1 Å². The van der Waals surface area contributed by atoms with Crippen LogP contribution in [0.15, 0.2) is 54.6 Å². The van der Waals surface area contributed by atoms with Gasteiger partial charge < -0.3 is 0 Å². The molecule has 0 amide bonds. The van der Waals surface area contributed by atoms with Gasteiger partial charge in [0.25, 0.3) is 10.2 Å². The zero-order valence-electron chi connectivity index (χ0n) is 20.8. The van der Waals surface area contributed by atoms with E-state index in [-0.39, 0.29) is 11.2 Å². The highest BCUT2D eigenvalue weighted by atomic mass is 32.2. The zero-order valence-corrected chi connectivity index (χ0v) is 21.6. The van der Waals surface area contributed by atoms with Crippen molar-refractivity contribution in [2.75, 3.05) is 6.54 Å². The summed E-state index contributed by atoms with van der Waals surface area (Å²) in [5.41, 5.74) is 3.77. The second-order valence-electron chi connectivity index (χ2n) is 10.5. The Morgan fingerprint density at radius 1 is 0.971 bits per heavy atom. The monoisotopic (exact) mass is 486 g/mol. The Balaban J connectivity index is 1.76. The molecule has 0 radical (unpaired) electrons. The van der Waals surface area contributed by atoms with Gasteiger partial charge in [0.1, 0.15) is 5.82 Å². The highest BCUT2D eigenvalue weighted by Gasteiger charge is 2.28. The number of nitrogens with zero attached hydrogens (tertiary/aromatic N) is 2. The van der Waals surface area contributed by atoms with Crippen LogP contribution < -0.4 is 9.44 Å². The third-order valence-electron chi connectivity index (χ3n) is 5.58. The first-order chi connectivity index (χ1) is 15.7. The van der Waals surface area contributed by atoms with E-state index in [2.05, 4.69) is 14.5 Å². The smallest absolute Gasteiger partial charge is 0.268 e. The first-order valence-corrected chi connectivity index (χ1v) is 12.9. The summed E-state index contributed by atoms with van der Waals surface area (Å²) in [4.78, 5) is 0. The first-order valence-electron chi connectivity index (χ1n) is 11.4. The fourth-order valence-electron chi connectivity index (χ4n) is 3.65. The standard InChI is InChI=1S/C26H35FN4O2S/c1-25(2,3)18-28-34(32,33)30-26(4,5)21-9-7-8-20(16-21)24-17-23(29-31(24)6)15-12-19-10-13-22(27)14-11-19/h7-11,13-14,16-17,28,30H,12,15,18H2,1-6H3. The largest absolute Gasteiger partial charge is 0.277 e. The van der Waals surface area contributed by atoms with Crippen molar-refractivity contribution >= 4 is 10.2 Å². The van der Waals surface area contributed by atoms with Gasteiger partial charge in [0.05, 0.1) is 16.9 Å². The SMILES string of the molecule is Cn1nc(CCc2ccc(F)cc2)cc1-c1cccc(C(C)(C)NS(=O)(=O)NCC(C)(C)C)c1. The summed E-state index contributed by atoms with van der Waals surface area (Å²) in [7, 11) is -1.78. The maximum Gasteiger partial charge on any atom is 0.277 e. The van der Waals surface area contributed by atoms with Crippen molar-refractivity contribution in [2.45, 2.75) is 53.0 Å². The lowest BCUT2D eigenvalue weighted by Gasteiger charge is -2.28. The minimum absolute atomic E-state index is 0.160. The molecular formula is C26H35FN4O2S. The quantitative estimate of drug-likeness (QED) is 0.460. The number of aryl methyl sites for hydroxylation is 3. The van der Waals surface area contributed by atoms with Crippen LogP contribution in [0.1, 0.15) is 51.4 Å². The summed E-state index contributed by atoms with van der Waals surface area (Å²) >= 11 is 0. The van der Waals surface area contributed by atoms with Gasteiger partial charge in [0.15, 0.2) is 0 Å². The van der Waals surface area contributed by atoms with Gasteiger partial charge in [-0.15, -0.1) is 0 Å². The molecule has 0 saturated heterocycles. The molecule has 3 aromatic rings.